The molecular formula is C25H29N3O10. The Bertz CT molecular complexity index is 1330. The zero-order valence-electron chi connectivity index (χ0n) is 20.5. The van der Waals surface area contributed by atoms with Crippen molar-refractivity contribution >= 4 is 23.9 Å². The highest BCUT2D eigenvalue weighted by molar-refractivity contribution is 5.91. The summed E-state index contributed by atoms with van der Waals surface area (Å²) in [4.78, 5) is 51.1. The van der Waals surface area contributed by atoms with E-state index in [2.05, 4.69) is 0 Å². The van der Waals surface area contributed by atoms with Gasteiger partial charge in [-0.2, -0.15) is 0 Å². The normalized spacial score (nSPS) is 32.1. The van der Waals surface area contributed by atoms with Crippen LogP contribution in [0.3, 0.4) is 0 Å². The summed E-state index contributed by atoms with van der Waals surface area (Å²) in [5.74, 6) is -6.33. The van der Waals surface area contributed by atoms with Crippen molar-refractivity contribution < 1.29 is 49.4 Å². The van der Waals surface area contributed by atoms with Crippen molar-refractivity contribution in [3.05, 3.63) is 34.9 Å². The van der Waals surface area contributed by atoms with Crippen LogP contribution in [0, 0.1) is 5.41 Å². The first-order valence-electron chi connectivity index (χ1n) is 12.1. The van der Waals surface area contributed by atoms with Crippen LogP contribution in [0.5, 0.6) is 11.5 Å². The third kappa shape index (κ3) is 2.86. The van der Waals surface area contributed by atoms with Crippen LogP contribution in [0.1, 0.15) is 36.8 Å². The number of hydrogen-bond acceptors (Lipinski definition) is 9. The lowest BCUT2D eigenvalue weighted by molar-refractivity contribution is -0.179. The first-order chi connectivity index (χ1) is 17.7. The number of carboxylic acids is 4. The number of piperidine rings is 1. The highest BCUT2D eigenvalue weighted by Crippen LogP contribution is 2.72. The number of benzene rings is 1. The number of aromatic hydroxyl groups is 1. The lowest BCUT2D eigenvalue weighted by atomic mass is 9.38. The van der Waals surface area contributed by atoms with Crippen LogP contribution >= 0.6 is 0 Å². The molecule has 2 bridgehead atoms. The van der Waals surface area contributed by atoms with Crippen molar-refractivity contribution in [3.63, 3.8) is 0 Å². The Balaban J connectivity index is 1.91. The van der Waals surface area contributed by atoms with Gasteiger partial charge in [-0.1, -0.05) is 12.1 Å². The Morgan fingerprint density at radius 3 is 2.32 bits per heavy atom. The Morgan fingerprint density at radius 2 is 1.74 bits per heavy atom. The smallest absolute Gasteiger partial charge is 0.328 e. The second kappa shape index (κ2) is 7.91. The molecule has 0 radical (unpaired) electrons. The fourth-order valence-corrected chi connectivity index (χ4v) is 7.92. The average Bonchev–Trinajstić information content (AvgIpc) is 3.16. The van der Waals surface area contributed by atoms with Crippen molar-refractivity contribution in [1.82, 2.24) is 4.90 Å². The molecular weight excluding hydrogens is 502 g/mol. The molecule has 1 fully saturated rings. The Hall–Kier alpha value is -3.68. The molecule has 6 atom stereocenters. The molecule has 5 rings (SSSR count). The first kappa shape index (κ1) is 25.9. The molecule has 0 saturated carbocycles. The van der Waals surface area contributed by atoms with E-state index in [0.717, 1.165) is 0 Å². The monoisotopic (exact) mass is 531 g/mol. The number of likely N-dealkylation sites (N-methyl/N-ethyl adjacent to an activating group) is 1. The van der Waals surface area contributed by atoms with E-state index < -0.39 is 70.8 Å². The molecule has 1 aromatic carbocycles. The van der Waals surface area contributed by atoms with Gasteiger partial charge in [-0.15, -0.1) is 0 Å². The SMILES string of the molecule is CN1CC[C@]23c4c5ccc(O)c4O[C@H]2C(C(N)(CC(=O)O)C(=O)O)=CC[C@@]3(C(N)(CC(=O)O)C(=O)O)[C@H]1C5. The van der Waals surface area contributed by atoms with E-state index in [4.69, 9.17) is 16.2 Å². The number of carboxylic acid groups (broad SMARTS) is 4. The van der Waals surface area contributed by atoms with E-state index in [9.17, 15) is 44.7 Å². The number of likely N-dealkylation sites (tertiary alicyclic amines) is 1. The second-order valence-corrected chi connectivity index (χ2v) is 10.9. The van der Waals surface area contributed by atoms with Crippen molar-refractivity contribution in [2.24, 2.45) is 16.9 Å². The van der Waals surface area contributed by atoms with Gasteiger partial charge < -0.3 is 46.6 Å². The van der Waals surface area contributed by atoms with Gasteiger partial charge in [0.2, 0.25) is 0 Å². The van der Waals surface area contributed by atoms with Crippen LogP contribution in [0.4, 0.5) is 0 Å². The van der Waals surface area contributed by atoms with Gasteiger partial charge in [-0.25, -0.2) is 4.79 Å². The lowest BCUT2D eigenvalue weighted by Crippen LogP contribution is -2.82. The summed E-state index contributed by atoms with van der Waals surface area (Å²) in [6.07, 6.45) is -1.63. The number of rotatable bonds is 8. The zero-order chi connectivity index (χ0) is 28.0. The van der Waals surface area contributed by atoms with E-state index in [1.54, 1.807) is 13.1 Å². The molecule has 38 heavy (non-hydrogen) atoms. The molecule has 2 aliphatic heterocycles. The summed E-state index contributed by atoms with van der Waals surface area (Å²) in [5.41, 5.74) is 6.29. The molecule has 1 spiro atoms. The Kier molecular flexibility index (Phi) is 5.40. The summed E-state index contributed by atoms with van der Waals surface area (Å²) in [7, 11) is 1.79. The molecule has 9 N–H and O–H groups in total. The molecule has 1 aromatic rings. The van der Waals surface area contributed by atoms with E-state index in [1.807, 2.05) is 4.90 Å². The van der Waals surface area contributed by atoms with Gasteiger partial charge >= 0.3 is 23.9 Å². The zero-order valence-corrected chi connectivity index (χ0v) is 20.5. The summed E-state index contributed by atoms with van der Waals surface area (Å²) in [5, 5.41) is 50.8. The predicted octanol–water partition coefficient (Wildman–Crippen LogP) is -0.519. The van der Waals surface area contributed by atoms with Gasteiger partial charge in [-0.3, -0.25) is 14.4 Å². The molecule has 13 heteroatoms. The van der Waals surface area contributed by atoms with Gasteiger partial charge in [0.25, 0.3) is 0 Å². The summed E-state index contributed by atoms with van der Waals surface area (Å²) >= 11 is 0. The van der Waals surface area contributed by atoms with Gasteiger partial charge in [0, 0.05) is 17.0 Å². The van der Waals surface area contributed by atoms with Gasteiger partial charge in [0.05, 0.1) is 18.3 Å². The van der Waals surface area contributed by atoms with Gasteiger partial charge in [-0.05, 0) is 50.1 Å². The summed E-state index contributed by atoms with van der Waals surface area (Å²) in [6.45, 7) is 0.389. The molecule has 2 unspecified atom stereocenters. The third-order valence-electron chi connectivity index (χ3n) is 9.38. The fourth-order valence-electron chi connectivity index (χ4n) is 7.92. The molecule has 4 aliphatic rings. The lowest BCUT2D eigenvalue weighted by Gasteiger charge is -2.69. The first-order valence-corrected chi connectivity index (χ1v) is 12.1. The number of phenols is 1. The number of phenolic OH excluding ortho intramolecular Hbond substituents is 1. The van der Waals surface area contributed by atoms with Crippen LogP contribution in [0.25, 0.3) is 0 Å². The molecule has 0 amide bonds. The number of allylic oxidation sites excluding steroid dienone is 1. The Morgan fingerprint density at radius 1 is 1.08 bits per heavy atom. The van der Waals surface area contributed by atoms with Crippen molar-refractivity contribution in [2.45, 2.75) is 60.7 Å². The van der Waals surface area contributed by atoms with Crippen LogP contribution in [-0.4, -0.2) is 91.1 Å². The van der Waals surface area contributed by atoms with E-state index >= 15 is 0 Å². The topological polar surface area (TPSA) is 234 Å². The van der Waals surface area contributed by atoms with E-state index in [-0.39, 0.29) is 36.3 Å². The highest BCUT2D eigenvalue weighted by Gasteiger charge is 2.79. The number of nitrogens with two attached hydrogens (primary N) is 2. The third-order valence-corrected chi connectivity index (χ3v) is 9.38. The van der Waals surface area contributed by atoms with Gasteiger partial charge in [0.15, 0.2) is 11.5 Å². The number of ether oxygens (including phenoxy) is 1. The van der Waals surface area contributed by atoms with Crippen LogP contribution < -0.4 is 16.2 Å². The quantitative estimate of drug-likeness (QED) is 0.209. The summed E-state index contributed by atoms with van der Waals surface area (Å²) in [6, 6.07) is 2.48. The van der Waals surface area contributed by atoms with Gasteiger partial charge in [0.1, 0.15) is 17.2 Å². The van der Waals surface area contributed by atoms with E-state index in [0.29, 0.717) is 17.7 Å². The largest absolute Gasteiger partial charge is 0.504 e. The maximum absolute atomic E-state index is 13.0. The molecule has 13 nitrogen and oxygen atoms in total. The summed E-state index contributed by atoms with van der Waals surface area (Å²) < 4.78 is 6.27. The maximum Gasteiger partial charge on any atom is 0.328 e. The Labute approximate surface area is 216 Å². The number of aliphatic carboxylic acids is 4. The second-order valence-electron chi connectivity index (χ2n) is 10.9. The average molecular weight is 532 g/mol. The maximum atomic E-state index is 13.0. The fraction of sp³-hybridized carbons (Fsp3) is 0.520. The minimum absolute atomic E-state index is 0.0128. The molecule has 204 valence electrons. The predicted molar refractivity (Wildman–Crippen MR) is 128 cm³/mol. The molecule has 0 aromatic heterocycles. The number of nitrogens with zero attached hydrogens (tertiary/aromatic N) is 1. The van der Waals surface area contributed by atoms with Crippen molar-refractivity contribution in [3.8, 4) is 11.5 Å². The number of hydrogen-bond donors (Lipinski definition) is 7. The van der Waals surface area contributed by atoms with Crippen molar-refractivity contribution in [2.75, 3.05) is 13.6 Å². The van der Waals surface area contributed by atoms with E-state index in [1.165, 1.54) is 12.1 Å². The highest BCUT2D eigenvalue weighted by atomic mass is 16.5. The number of carbonyl (C=O) groups is 4. The van der Waals surface area contributed by atoms with Crippen LogP contribution in [0.2, 0.25) is 0 Å². The minimum Gasteiger partial charge on any atom is -0.504 e. The van der Waals surface area contributed by atoms with Crippen LogP contribution in [-0.2, 0) is 31.0 Å². The van der Waals surface area contributed by atoms with Crippen molar-refractivity contribution in [1.29, 1.82) is 0 Å². The van der Waals surface area contributed by atoms with Crippen LogP contribution in [0.15, 0.2) is 23.8 Å². The molecule has 1 saturated heterocycles. The molecule has 2 heterocycles. The molecule has 2 aliphatic carbocycles. The minimum atomic E-state index is -2.43. The standard InChI is InChI=1S/C25H29N3O10/c1-28-7-6-22-17-11-2-3-13(29)18(17)38-19(22)12(23(26,20(34)35)9-15(30)31)4-5-24(22,14(28)8-11)25(27,21(36)37)10-16(32)33/h2-4,14,19,29H,5-10,26-27H2,1H3,(H,30,31)(H,32,33)(H,34,35)(H,36,37)/t14-,19+,22+,23?,24-,25?/m1/s1.